The first-order chi connectivity index (χ1) is 6.04. The number of hydrogen-bond donors (Lipinski definition) is 0. The molecule has 0 N–H and O–H groups in total. The van der Waals surface area contributed by atoms with Crippen LogP contribution in [0.3, 0.4) is 0 Å². The summed E-state index contributed by atoms with van der Waals surface area (Å²) in [5, 5.41) is 0. The summed E-state index contributed by atoms with van der Waals surface area (Å²) >= 11 is 0. The van der Waals surface area contributed by atoms with Crippen molar-refractivity contribution < 1.29 is 8.85 Å². The van der Waals surface area contributed by atoms with E-state index in [2.05, 4.69) is 33.1 Å². The second-order valence-corrected chi connectivity index (χ2v) is 8.29. The summed E-state index contributed by atoms with van der Waals surface area (Å²) in [6, 6.07) is 0. The highest BCUT2D eigenvalue weighted by molar-refractivity contribution is 6.48. The summed E-state index contributed by atoms with van der Waals surface area (Å²) < 4.78 is 10.5. The Labute approximate surface area is 87.1 Å². The van der Waals surface area contributed by atoms with E-state index in [0.717, 1.165) is 19.6 Å². The van der Waals surface area contributed by atoms with Gasteiger partial charge in [-0.3, -0.25) is 0 Å². The van der Waals surface area contributed by atoms with Crippen molar-refractivity contribution in [3.05, 3.63) is 0 Å². The van der Waals surface area contributed by atoms with Gasteiger partial charge in [-0.1, -0.05) is 6.92 Å². The van der Waals surface area contributed by atoms with E-state index in [0.29, 0.717) is 0 Å². The zero-order valence-corrected chi connectivity index (χ0v) is 12.4. The average Bonchev–Trinajstić information content (AvgIpc) is 2.01. The Kier molecular flexibility index (Phi) is 15.0. The van der Waals surface area contributed by atoms with Gasteiger partial charge in [0.2, 0.25) is 0 Å². The molecular formula is C9H26O2Si2. The predicted octanol–water partition coefficient (Wildman–Crippen LogP) is 2.40. The molecule has 0 saturated carbocycles. The van der Waals surface area contributed by atoms with Crippen LogP contribution in [0, 0.1) is 0 Å². The number of rotatable bonds is 5. The fraction of sp³-hybridized carbons (Fsp3) is 1.00. The van der Waals surface area contributed by atoms with Gasteiger partial charge in [-0.15, -0.1) is 0 Å². The molecule has 0 rings (SSSR count). The molecule has 13 heavy (non-hydrogen) atoms. The van der Waals surface area contributed by atoms with E-state index < -0.39 is 18.1 Å². The Hall–Kier alpha value is 0.354. The van der Waals surface area contributed by atoms with Gasteiger partial charge in [0, 0.05) is 13.2 Å². The molecule has 0 radical (unpaired) electrons. The van der Waals surface area contributed by atoms with E-state index in [-0.39, 0.29) is 0 Å². The van der Waals surface area contributed by atoms with Gasteiger partial charge in [-0.25, -0.2) is 0 Å². The van der Waals surface area contributed by atoms with Crippen molar-refractivity contribution in [1.82, 2.24) is 0 Å². The summed E-state index contributed by atoms with van der Waals surface area (Å²) in [6.45, 7) is 14.7. The molecule has 0 atom stereocenters. The highest BCUT2D eigenvalue weighted by Gasteiger charge is 1.90. The van der Waals surface area contributed by atoms with Crippen LogP contribution in [0.5, 0.6) is 0 Å². The Morgan fingerprint density at radius 2 is 1.31 bits per heavy atom. The van der Waals surface area contributed by atoms with Gasteiger partial charge in [-0.2, -0.15) is 0 Å². The lowest BCUT2D eigenvalue weighted by Gasteiger charge is -2.01. The van der Waals surface area contributed by atoms with E-state index in [1.165, 1.54) is 0 Å². The van der Waals surface area contributed by atoms with Crippen LogP contribution in [-0.2, 0) is 8.85 Å². The highest BCUT2D eigenvalue weighted by Crippen LogP contribution is 1.84. The monoisotopic (exact) mass is 222 g/mol. The van der Waals surface area contributed by atoms with Gasteiger partial charge in [0.15, 0.2) is 18.1 Å². The molecule has 0 amide bonds. The van der Waals surface area contributed by atoms with Gasteiger partial charge in [-0.05, 0) is 39.5 Å². The lowest BCUT2D eigenvalue weighted by molar-refractivity contribution is 0.326. The fourth-order valence-corrected chi connectivity index (χ4v) is 2.06. The highest BCUT2D eigenvalue weighted by atomic mass is 28.3. The van der Waals surface area contributed by atoms with Crippen molar-refractivity contribution in [2.75, 3.05) is 13.2 Å². The predicted molar refractivity (Wildman–Crippen MR) is 65.6 cm³/mol. The topological polar surface area (TPSA) is 18.5 Å². The molecule has 82 valence electrons. The molecule has 0 aromatic heterocycles. The average molecular weight is 222 g/mol. The van der Waals surface area contributed by atoms with Crippen molar-refractivity contribution in [3.63, 3.8) is 0 Å². The summed E-state index contributed by atoms with van der Waals surface area (Å²) in [4.78, 5) is 0. The smallest absolute Gasteiger partial charge is 0.170 e. The summed E-state index contributed by atoms with van der Waals surface area (Å²) in [7, 11) is -1.36. The lowest BCUT2D eigenvalue weighted by atomic mass is 10.5. The normalized spacial score (nSPS) is 10.2. The lowest BCUT2D eigenvalue weighted by Crippen LogP contribution is -2.07. The number of hydrogen-bond acceptors (Lipinski definition) is 2. The van der Waals surface area contributed by atoms with Crippen molar-refractivity contribution >= 4 is 18.1 Å². The molecule has 0 bridgehead atoms. The van der Waals surface area contributed by atoms with E-state index in [1.807, 2.05) is 6.92 Å². The second kappa shape index (κ2) is 12.4. The van der Waals surface area contributed by atoms with Crippen molar-refractivity contribution in [2.24, 2.45) is 0 Å². The molecule has 0 unspecified atom stereocenters. The third-order valence-electron chi connectivity index (χ3n) is 1.16. The van der Waals surface area contributed by atoms with Crippen LogP contribution in [0.1, 0.15) is 20.3 Å². The molecule has 0 aromatic carbocycles. The summed E-state index contributed by atoms with van der Waals surface area (Å²) in [6.07, 6.45) is 1.16. The summed E-state index contributed by atoms with van der Waals surface area (Å²) in [5.74, 6) is 0. The molecule has 0 heterocycles. The minimum atomic E-state index is -0.688. The maximum absolute atomic E-state index is 5.33. The van der Waals surface area contributed by atoms with E-state index in [9.17, 15) is 0 Å². The van der Waals surface area contributed by atoms with Crippen molar-refractivity contribution in [2.45, 2.75) is 46.5 Å². The SMILES string of the molecule is CCCO[SiH](C)C.CCO[SiH](C)C. The van der Waals surface area contributed by atoms with Crippen LogP contribution in [0.15, 0.2) is 0 Å². The standard InChI is InChI=1S/C5H14OSi.C4H12OSi/c1-4-5-6-7(2)3;1-4-5-6(2)3/h7H,4-5H2,1-3H3;6H,4H2,1-3H3. The minimum Gasteiger partial charge on any atom is -0.421 e. The molecule has 0 aliphatic rings. The molecule has 0 aliphatic heterocycles. The van der Waals surface area contributed by atoms with Gasteiger partial charge in [0.05, 0.1) is 0 Å². The van der Waals surface area contributed by atoms with Crippen LogP contribution in [0.25, 0.3) is 0 Å². The third kappa shape index (κ3) is 24.5. The Balaban J connectivity index is 0. The first kappa shape index (κ1) is 15.8. The first-order valence-electron chi connectivity index (χ1n) is 5.27. The van der Waals surface area contributed by atoms with Crippen molar-refractivity contribution in [1.29, 1.82) is 0 Å². The molecule has 0 saturated heterocycles. The zero-order chi connectivity index (χ0) is 10.7. The maximum Gasteiger partial charge on any atom is 0.170 e. The molecule has 0 aromatic rings. The molecule has 0 fully saturated rings. The van der Waals surface area contributed by atoms with E-state index in [1.54, 1.807) is 0 Å². The van der Waals surface area contributed by atoms with E-state index in [4.69, 9.17) is 8.85 Å². The van der Waals surface area contributed by atoms with Crippen LogP contribution in [0.4, 0.5) is 0 Å². The maximum atomic E-state index is 5.33. The van der Waals surface area contributed by atoms with Gasteiger partial charge < -0.3 is 8.85 Å². The third-order valence-corrected chi connectivity index (χ3v) is 3.06. The van der Waals surface area contributed by atoms with Gasteiger partial charge in [0.25, 0.3) is 0 Å². The van der Waals surface area contributed by atoms with Gasteiger partial charge >= 0.3 is 0 Å². The molecule has 2 nitrogen and oxygen atoms in total. The van der Waals surface area contributed by atoms with Crippen LogP contribution in [-0.4, -0.2) is 31.3 Å². The molecular weight excluding hydrogens is 196 g/mol. The Morgan fingerprint density at radius 3 is 1.38 bits per heavy atom. The molecule has 0 aliphatic carbocycles. The first-order valence-corrected chi connectivity index (χ1v) is 10.8. The minimum absolute atomic E-state index is 0.671. The second-order valence-electron chi connectivity index (χ2n) is 3.42. The zero-order valence-electron chi connectivity index (χ0n) is 10.1. The Bertz CT molecular complexity index is 87.7. The van der Waals surface area contributed by atoms with Crippen LogP contribution >= 0.6 is 0 Å². The molecule has 0 spiro atoms. The largest absolute Gasteiger partial charge is 0.421 e. The summed E-state index contributed by atoms with van der Waals surface area (Å²) in [5.41, 5.74) is 0. The van der Waals surface area contributed by atoms with E-state index >= 15 is 0 Å². The van der Waals surface area contributed by atoms with Crippen LogP contribution < -0.4 is 0 Å². The molecule has 4 heteroatoms. The van der Waals surface area contributed by atoms with Crippen molar-refractivity contribution in [3.8, 4) is 0 Å². The quantitative estimate of drug-likeness (QED) is 0.665. The fourth-order valence-electron chi connectivity index (χ4n) is 0.687. The van der Waals surface area contributed by atoms with Gasteiger partial charge in [0.1, 0.15) is 0 Å². The Morgan fingerprint density at radius 1 is 0.846 bits per heavy atom. The van der Waals surface area contributed by atoms with Crippen LogP contribution in [0.2, 0.25) is 26.2 Å².